The van der Waals surface area contributed by atoms with Gasteiger partial charge in [-0.05, 0) is 42.9 Å². The molecule has 6 heteroatoms. The fourth-order valence-corrected chi connectivity index (χ4v) is 4.73. The number of aromatic nitrogens is 2. The molecule has 0 spiro atoms. The molecule has 0 bridgehead atoms. The molecule has 0 aliphatic heterocycles. The number of hydrogen-bond acceptors (Lipinski definition) is 4. The summed E-state index contributed by atoms with van der Waals surface area (Å²) in [4.78, 5) is 31.6. The lowest BCUT2D eigenvalue weighted by atomic mass is 9.89. The first-order chi connectivity index (χ1) is 12.0. The minimum atomic E-state index is -0.465. The topological polar surface area (TPSA) is 52.0 Å². The second-order valence-electron chi connectivity index (χ2n) is 6.64. The maximum absolute atomic E-state index is 13.3. The first-order valence-electron chi connectivity index (χ1n) is 8.31. The van der Waals surface area contributed by atoms with Crippen LogP contribution in [0, 0.1) is 11.7 Å². The lowest BCUT2D eigenvalue weighted by molar-refractivity contribution is 0.0970. The smallest absolute Gasteiger partial charge is 0.262 e. The van der Waals surface area contributed by atoms with E-state index in [1.54, 1.807) is 17.4 Å². The lowest BCUT2D eigenvalue weighted by Gasteiger charge is -2.17. The molecular weight excluding hydrogens is 339 g/mol. The van der Waals surface area contributed by atoms with Crippen molar-refractivity contribution in [2.75, 3.05) is 0 Å². The van der Waals surface area contributed by atoms with Crippen molar-refractivity contribution in [3.63, 3.8) is 0 Å². The van der Waals surface area contributed by atoms with Crippen molar-refractivity contribution >= 4 is 27.3 Å². The van der Waals surface area contributed by atoms with E-state index in [2.05, 4.69) is 11.9 Å². The molecule has 3 aromatic rings. The van der Waals surface area contributed by atoms with Crippen LogP contribution in [-0.4, -0.2) is 15.3 Å². The Morgan fingerprint density at radius 1 is 1.44 bits per heavy atom. The summed E-state index contributed by atoms with van der Waals surface area (Å²) in [6.07, 6.45) is 4.36. The molecule has 0 saturated heterocycles. The van der Waals surface area contributed by atoms with Crippen molar-refractivity contribution in [1.82, 2.24) is 9.55 Å². The Labute approximate surface area is 147 Å². The Morgan fingerprint density at radius 2 is 2.28 bits per heavy atom. The second kappa shape index (κ2) is 6.19. The molecule has 0 unspecified atom stereocenters. The number of halogens is 1. The SMILES string of the molecule is C[C@H]1CCc2c(sc3ncn(CC(=O)c4cccc(F)c4)c(=O)c23)C1. The van der Waals surface area contributed by atoms with E-state index in [9.17, 15) is 14.0 Å². The third-order valence-corrected chi connectivity index (χ3v) is 5.91. The highest BCUT2D eigenvalue weighted by atomic mass is 32.1. The van der Waals surface area contributed by atoms with Crippen LogP contribution < -0.4 is 5.56 Å². The molecule has 1 aliphatic rings. The van der Waals surface area contributed by atoms with E-state index in [4.69, 9.17) is 0 Å². The molecule has 1 atom stereocenters. The first kappa shape index (κ1) is 16.1. The van der Waals surface area contributed by atoms with E-state index >= 15 is 0 Å². The molecule has 4 nitrogen and oxygen atoms in total. The van der Waals surface area contributed by atoms with Crippen molar-refractivity contribution < 1.29 is 9.18 Å². The van der Waals surface area contributed by atoms with E-state index < -0.39 is 5.82 Å². The van der Waals surface area contributed by atoms with Crippen LogP contribution in [0.1, 0.15) is 34.1 Å². The number of carbonyl (C=O) groups is 1. The molecule has 4 rings (SSSR count). The average Bonchev–Trinajstić information content (AvgIpc) is 2.95. The van der Waals surface area contributed by atoms with Gasteiger partial charge in [-0.3, -0.25) is 14.2 Å². The third-order valence-electron chi connectivity index (χ3n) is 4.74. The summed E-state index contributed by atoms with van der Waals surface area (Å²) >= 11 is 1.58. The predicted molar refractivity (Wildman–Crippen MR) is 95.8 cm³/mol. The Hall–Kier alpha value is -2.34. The van der Waals surface area contributed by atoms with Gasteiger partial charge in [-0.2, -0.15) is 0 Å². The van der Waals surface area contributed by atoms with Gasteiger partial charge >= 0.3 is 0 Å². The minimum Gasteiger partial charge on any atom is -0.292 e. The van der Waals surface area contributed by atoms with Crippen molar-refractivity contribution in [2.24, 2.45) is 5.92 Å². The van der Waals surface area contributed by atoms with Crippen LogP contribution in [0.4, 0.5) is 4.39 Å². The highest BCUT2D eigenvalue weighted by Crippen LogP contribution is 2.35. The number of ketones is 1. The summed E-state index contributed by atoms with van der Waals surface area (Å²) in [6.45, 7) is 2.09. The average molecular weight is 356 g/mol. The largest absolute Gasteiger partial charge is 0.292 e. The number of hydrogen-bond donors (Lipinski definition) is 0. The second-order valence-corrected chi connectivity index (χ2v) is 7.73. The highest BCUT2D eigenvalue weighted by molar-refractivity contribution is 7.18. The van der Waals surface area contributed by atoms with Gasteiger partial charge in [-0.15, -0.1) is 11.3 Å². The number of benzene rings is 1. The minimum absolute atomic E-state index is 0.133. The Balaban J connectivity index is 1.72. The van der Waals surface area contributed by atoms with Gasteiger partial charge < -0.3 is 0 Å². The van der Waals surface area contributed by atoms with Crippen LogP contribution in [0.15, 0.2) is 35.4 Å². The van der Waals surface area contributed by atoms with Crippen LogP contribution in [0.3, 0.4) is 0 Å². The number of carbonyl (C=O) groups excluding carboxylic acids is 1. The van der Waals surface area contributed by atoms with Crippen molar-refractivity contribution in [3.05, 3.63) is 62.8 Å². The molecule has 0 fully saturated rings. The molecule has 0 radical (unpaired) electrons. The fourth-order valence-electron chi connectivity index (χ4n) is 3.39. The number of aryl methyl sites for hydroxylation is 1. The monoisotopic (exact) mass is 356 g/mol. The van der Waals surface area contributed by atoms with Crippen LogP contribution in [-0.2, 0) is 19.4 Å². The molecule has 0 saturated carbocycles. The molecule has 0 amide bonds. The van der Waals surface area contributed by atoms with Crippen molar-refractivity contribution in [1.29, 1.82) is 0 Å². The van der Waals surface area contributed by atoms with Gasteiger partial charge in [0.1, 0.15) is 10.6 Å². The molecule has 2 aromatic heterocycles. The van der Waals surface area contributed by atoms with Crippen LogP contribution in [0.2, 0.25) is 0 Å². The molecule has 25 heavy (non-hydrogen) atoms. The van der Waals surface area contributed by atoms with Gasteiger partial charge in [0.25, 0.3) is 5.56 Å². The lowest BCUT2D eigenvalue weighted by Crippen LogP contribution is -2.25. The first-order valence-corrected chi connectivity index (χ1v) is 9.13. The third kappa shape index (κ3) is 2.91. The van der Waals surface area contributed by atoms with Crippen LogP contribution in [0.5, 0.6) is 0 Å². The zero-order valence-electron chi connectivity index (χ0n) is 13.8. The van der Waals surface area contributed by atoms with E-state index in [1.165, 1.54) is 34.0 Å². The Kier molecular flexibility index (Phi) is 4.00. The van der Waals surface area contributed by atoms with Crippen LogP contribution >= 0.6 is 11.3 Å². The van der Waals surface area contributed by atoms with E-state index in [1.807, 2.05) is 0 Å². The summed E-state index contributed by atoms with van der Waals surface area (Å²) in [5.41, 5.74) is 1.18. The maximum atomic E-state index is 13.3. The van der Waals surface area contributed by atoms with E-state index in [0.717, 1.165) is 29.7 Å². The number of Topliss-reactive ketones (excluding diaryl/α,β-unsaturated/α-hetero) is 1. The molecule has 0 N–H and O–H groups in total. The summed E-state index contributed by atoms with van der Waals surface area (Å²) in [7, 11) is 0. The Morgan fingerprint density at radius 3 is 3.08 bits per heavy atom. The van der Waals surface area contributed by atoms with Crippen molar-refractivity contribution in [3.8, 4) is 0 Å². The molecule has 1 aliphatic carbocycles. The predicted octanol–water partition coefficient (Wildman–Crippen LogP) is 3.60. The number of nitrogens with zero attached hydrogens (tertiary/aromatic N) is 2. The van der Waals surface area contributed by atoms with Gasteiger partial charge in [-0.25, -0.2) is 9.37 Å². The van der Waals surface area contributed by atoms with Crippen LogP contribution in [0.25, 0.3) is 10.2 Å². The number of thiophene rings is 1. The Bertz CT molecular complexity index is 1040. The quantitative estimate of drug-likeness (QED) is 0.674. The standard InChI is InChI=1S/C19H17FN2O2S/c1-11-5-6-14-16(7-11)25-18-17(14)19(24)22(10-21-18)9-15(23)12-3-2-4-13(20)8-12/h2-4,8,10-11H,5-7,9H2,1H3/t11-/m0/s1. The van der Waals surface area contributed by atoms with Gasteiger partial charge in [0.05, 0.1) is 18.3 Å². The summed E-state index contributed by atoms with van der Waals surface area (Å²) in [6, 6.07) is 5.52. The van der Waals surface area contributed by atoms with Gasteiger partial charge in [0.15, 0.2) is 5.78 Å². The summed E-state index contributed by atoms with van der Waals surface area (Å²) < 4.78 is 14.6. The summed E-state index contributed by atoms with van der Waals surface area (Å²) in [5.74, 6) is -0.148. The normalized spacial score (nSPS) is 16.8. The zero-order valence-corrected chi connectivity index (χ0v) is 14.6. The van der Waals surface area contributed by atoms with E-state index in [-0.39, 0.29) is 23.5 Å². The van der Waals surface area contributed by atoms with Crippen molar-refractivity contribution in [2.45, 2.75) is 32.7 Å². The molecular formula is C19H17FN2O2S. The molecule has 128 valence electrons. The highest BCUT2D eigenvalue weighted by Gasteiger charge is 2.23. The van der Waals surface area contributed by atoms with Gasteiger partial charge in [-0.1, -0.05) is 19.1 Å². The van der Waals surface area contributed by atoms with E-state index in [0.29, 0.717) is 11.3 Å². The zero-order chi connectivity index (χ0) is 17.6. The summed E-state index contributed by atoms with van der Waals surface area (Å²) in [5, 5.41) is 0.654. The number of rotatable bonds is 3. The maximum Gasteiger partial charge on any atom is 0.262 e. The van der Waals surface area contributed by atoms with Gasteiger partial charge in [0, 0.05) is 10.4 Å². The molecule has 2 heterocycles. The molecule has 1 aromatic carbocycles. The fraction of sp³-hybridized carbons (Fsp3) is 0.316. The number of fused-ring (bicyclic) bond motifs is 3. The van der Waals surface area contributed by atoms with Gasteiger partial charge in [0.2, 0.25) is 0 Å².